The van der Waals surface area contributed by atoms with Gasteiger partial charge in [0.05, 0.1) is 5.39 Å². The van der Waals surface area contributed by atoms with Crippen LogP contribution in [0, 0.1) is 0 Å². The van der Waals surface area contributed by atoms with Crippen molar-refractivity contribution in [2.24, 2.45) is 7.05 Å². The number of nitrogens with zero attached hydrogens (tertiary/aromatic N) is 4. The van der Waals surface area contributed by atoms with Crippen LogP contribution < -0.4 is 5.32 Å². The molecule has 0 aliphatic heterocycles. The Labute approximate surface area is 81.2 Å². The number of aryl methyl sites for hydroxylation is 1. The summed E-state index contributed by atoms with van der Waals surface area (Å²) in [5.41, 5.74) is 0.755. The van der Waals surface area contributed by atoms with Gasteiger partial charge in [-0.05, 0) is 12.8 Å². The molecule has 0 spiro atoms. The van der Waals surface area contributed by atoms with E-state index in [0.717, 1.165) is 16.9 Å². The van der Waals surface area contributed by atoms with E-state index >= 15 is 0 Å². The molecule has 0 bridgehead atoms. The van der Waals surface area contributed by atoms with E-state index in [0.29, 0.717) is 6.04 Å². The van der Waals surface area contributed by atoms with Gasteiger partial charge in [-0.3, -0.25) is 4.68 Å². The second-order valence-electron chi connectivity index (χ2n) is 3.68. The first-order chi connectivity index (χ1) is 6.83. The first kappa shape index (κ1) is 7.73. The zero-order chi connectivity index (χ0) is 9.54. The van der Waals surface area contributed by atoms with Crippen LogP contribution in [-0.2, 0) is 7.05 Å². The molecular weight excluding hydrogens is 178 g/mol. The van der Waals surface area contributed by atoms with Crippen molar-refractivity contribution < 1.29 is 0 Å². The number of rotatable bonds is 2. The minimum Gasteiger partial charge on any atom is -0.367 e. The van der Waals surface area contributed by atoms with Crippen molar-refractivity contribution in [1.29, 1.82) is 0 Å². The molecule has 0 aromatic carbocycles. The van der Waals surface area contributed by atoms with Crippen LogP contribution in [0.2, 0.25) is 0 Å². The lowest BCUT2D eigenvalue weighted by Gasteiger charge is -2.02. The highest BCUT2D eigenvalue weighted by atomic mass is 15.3. The summed E-state index contributed by atoms with van der Waals surface area (Å²) < 4.78 is 1.76. The van der Waals surface area contributed by atoms with Crippen LogP contribution >= 0.6 is 0 Å². The third-order valence-corrected chi connectivity index (χ3v) is 2.35. The predicted molar refractivity (Wildman–Crippen MR) is 52.9 cm³/mol. The Balaban J connectivity index is 2.11. The Bertz CT molecular complexity index is 471. The van der Waals surface area contributed by atoms with Gasteiger partial charge in [0.15, 0.2) is 5.65 Å². The summed E-state index contributed by atoms with van der Waals surface area (Å²) in [5.74, 6) is 0.908. The maximum Gasteiger partial charge on any atom is 0.186 e. The van der Waals surface area contributed by atoms with Gasteiger partial charge in [0.25, 0.3) is 0 Å². The lowest BCUT2D eigenvalue weighted by Crippen LogP contribution is -2.03. The summed E-state index contributed by atoms with van der Waals surface area (Å²) in [7, 11) is 1.89. The van der Waals surface area contributed by atoms with E-state index in [1.165, 1.54) is 12.8 Å². The van der Waals surface area contributed by atoms with Gasteiger partial charge < -0.3 is 5.32 Å². The average molecular weight is 189 g/mol. The SMILES string of the molecule is Cn1cc2c(NC3CC3)ncnc2n1. The Kier molecular flexibility index (Phi) is 1.47. The highest BCUT2D eigenvalue weighted by Crippen LogP contribution is 2.26. The number of hydrogen-bond donors (Lipinski definition) is 1. The number of fused-ring (bicyclic) bond motifs is 1. The number of aromatic nitrogens is 4. The predicted octanol–water partition coefficient (Wildman–Crippen LogP) is 0.938. The molecule has 2 heterocycles. The van der Waals surface area contributed by atoms with Crippen molar-refractivity contribution in [3.05, 3.63) is 12.5 Å². The summed E-state index contributed by atoms with van der Waals surface area (Å²) >= 11 is 0. The lowest BCUT2D eigenvalue weighted by atomic mass is 10.4. The van der Waals surface area contributed by atoms with E-state index in [9.17, 15) is 0 Å². The monoisotopic (exact) mass is 189 g/mol. The standard InChI is InChI=1S/C9H11N5/c1-14-4-7-8(12-6-2-3-6)10-5-11-9(7)13-14/h4-6H,2-3H2,1H3,(H,10,11,12,13). The molecular formula is C9H11N5. The average Bonchev–Trinajstić information content (AvgIpc) is 2.87. The van der Waals surface area contributed by atoms with Crippen molar-refractivity contribution >= 4 is 16.9 Å². The van der Waals surface area contributed by atoms with Gasteiger partial charge in [0.1, 0.15) is 12.1 Å². The second kappa shape index (κ2) is 2.67. The quantitative estimate of drug-likeness (QED) is 0.763. The third kappa shape index (κ3) is 1.21. The van der Waals surface area contributed by atoms with Crippen LogP contribution in [0.3, 0.4) is 0 Å². The highest BCUT2D eigenvalue weighted by Gasteiger charge is 2.22. The first-order valence-electron chi connectivity index (χ1n) is 4.74. The van der Waals surface area contributed by atoms with E-state index in [1.54, 1.807) is 11.0 Å². The Morgan fingerprint density at radius 1 is 1.43 bits per heavy atom. The molecule has 5 nitrogen and oxygen atoms in total. The van der Waals surface area contributed by atoms with Gasteiger partial charge in [0.2, 0.25) is 0 Å². The normalized spacial score (nSPS) is 16.1. The molecule has 1 N–H and O–H groups in total. The topological polar surface area (TPSA) is 55.6 Å². The van der Waals surface area contributed by atoms with E-state index in [-0.39, 0.29) is 0 Å². The van der Waals surface area contributed by atoms with Crippen LogP contribution in [0.5, 0.6) is 0 Å². The molecule has 5 heteroatoms. The van der Waals surface area contributed by atoms with Gasteiger partial charge in [-0.15, -0.1) is 0 Å². The Hall–Kier alpha value is -1.65. The zero-order valence-corrected chi connectivity index (χ0v) is 7.94. The Morgan fingerprint density at radius 3 is 3.07 bits per heavy atom. The lowest BCUT2D eigenvalue weighted by molar-refractivity contribution is 0.775. The first-order valence-corrected chi connectivity index (χ1v) is 4.74. The molecule has 1 saturated carbocycles. The number of hydrogen-bond acceptors (Lipinski definition) is 4. The van der Waals surface area contributed by atoms with Crippen LogP contribution in [0.25, 0.3) is 11.0 Å². The molecule has 2 aromatic rings. The van der Waals surface area contributed by atoms with Crippen molar-refractivity contribution in [3.63, 3.8) is 0 Å². The van der Waals surface area contributed by atoms with E-state index in [2.05, 4.69) is 20.4 Å². The molecule has 0 amide bonds. The fourth-order valence-corrected chi connectivity index (χ4v) is 1.49. The molecule has 14 heavy (non-hydrogen) atoms. The molecule has 0 saturated heterocycles. The van der Waals surface area contributed by atoms with E-state index < -0.39 is 0 Å². The van der Waals surface area contributed by atoms with Gasteiger partial charge in [0, 0.05) is 19.3 Å². The summed E-state index contributed by atoms with van der Waals surface area (Å²) in [6.45, 7) is 0. The third-order valence-electron chi connectivity index (χ3n) is 2.35. The van der Waals surface area contributed by atoms with Crippen molar-refractivity contribution in [2.45, 2.75) is 18.9 Å². The molecule has 1 aliphatic carbocycles. The van der Waals surface area contributed by atoms with Crippen molar-refractivity contribution in [2.75, 3.05) is 5.32 Å². The Morgan fingerprint density at radius 2 is 2.29 bits per heavy atom. The van der Waals surface area contributed by atoms with Crippen LogP contribution in [0.15, 0.2) is 12.5 Å². The van der Waals surface area contributed by atoms with E-state index in [4.69, 9.17) is 0 Å². The van der Waals surface area contributed by atoms with Gasteiger partial charge >= 0.3 is 0 Å². The molecule has 0 radical (unpaired) electrons. The summed E-state index contributed by atoms with van der Waals surface area (Å²) in [6, 6.07) is 0.605. The van der Waals surface area contributed by atoms with Crippen molar-refractivity contribution in [3.8, 4) is 0 Å². The van der Waals surface area contributed by atoms with Crippen LogP contribution in [0.4, 0.5) is 5.82 Å². The fraction of sp³-hybridized carbons (Fsp3) is 0.444. The minimum absolute atomic E-state index is 0.605. The van der Waals surface area contributed by atoms with Crippen LogP contribution in [0.1, 0.15) is 12.8 Å². The van der Waals surface area contributed by atoms with Gasteiger partial charge in [-0.1, -0.05) is 0 Å². The molecule has 0 atom stereocenters. The molecule has 72 valence electrons. The summed E-state index contributed by atoms with van der Waals surface area (Å²) in [4.78, 5) is 8.33. The largest absolute Gasteiger partial charge is 0.367 e. The summed E-state index contributed by atoms with van der Waals surface area (Å²) in [5, 5.41) is 8.60. The molecule has 3 rings (SSSR count). The molecule has 2 aromatic heterocycles. The van der Waals surface area contributed by atoms with Crippen molar-refractivity contribution in [1.82, 2.24) is 19.7 Å². The molecule has 1 fully saturated rings. The second-order valence-corrected chi connectivity index (χ2v) is 3.68. The minimum atomic E-state index is 0.605. The van der Waals surface area contributed by atoms with Gasteiger partial charge in [-0.2, -0.15) is 5.10 Å². The zero-order valence-electron chi connectivity index (χ0n) is 7.94. The molecule has 1 aliphatic rings. The maximum atomic E-state index is 4.23. The maximum absolute atomic E-state index is 4.23. The van der Waals surface area contributed by atoms with Gasteiger partial charge in [-0.25, -0.2) is 9.97 Å². The smallest absolute Gasteiger partial charge is 0.186 e. The summed E-state index contributed by atoms with van der Waals surface area (Å²) in [6.07, 6.45) is 5.98. The van der Waals surface area contributed by atoms with Crippen LogP contribution in [-0.4, -0.2) is 25.8 Å². The number of anilines is 1. The fourth-order valence-electron chi connectivity index (χ4n) is 1.49. The van der Waals surface area contributed by atoms with E-state index in [1.807, 2.05) is 13.2 Å². The highest BCUT2D eigenvalue weighted by molar-refractivity contribution is 5.85. The molecule has 0 unspecified atom stereocenters. The number of nitrogens with one attached hydrogen (secondary N) is 1.